The molecule has 0 heterocycles. The van der Waals surface area contributed by atoms with E-state index in [1.54, 1.807) is 0 Å². The predicted molar refractivity (Wildman–Crippen MR) is 95.8 cm³/mol. The summed E-state index contributed by atoms with van der Waals surface area (Å²) in [5.41, 5.74) is 0.184. The van der Waals surface area contributed by atoms with Crippen molar-refractivity contribution in [3.8, 4) is 6.07 Å². The van der Waals surface area contributed by atoms with Crippen molar-refractivity contribution in [3.63, 3.8) is 0 Å². The van der Waals surface area contributed by atoms with Crippen LogP contribution in [0.3, 0.4) is 0 Å². The van der Waals surface area contributed by atoms with Gasteiger partial charge in [0.15, 0.2) is 6.10 Å². The van der Waals surface area contributed by atoms with Crippen LogP contribution >= 0.6 is 0 Å². The van der Waals surface area contributed by atoms with Crippen molar-refractivity contribution in [2.75, 3.05) is 5.32 Å². The van der Waals surface area contributed by atoms with Crippen LogP contribution in [0.4, 0.5) is 18.9 Å². The summed E-state index contributed by atoms with van der Waals surface area (Å²) in [6.45, 7) is 1.36. The highest BCUT2D eigenvalue weighted by atomic mass is 19.4. The van der Waals surface area contributed by atoms with E-state index in [0.717, 1.165) is 18.2 Å². The van der Waals surface area contributed by atoms with Crippen LogP contribution in [0.1, 0.15) is 23.6 Å². The van der Waals surface area contributed by atoms with Crippen molar-refractivity contribution >= 4 is 23.6 Å². The van der Waals surface area contributed by atoms with Gasteiger partial charge in [-0.05, 0) is 55.0 Å². The molecule has 5 nitrogen and oxygen atoms in total. The van der Waals surface area contributed by atoms with Crippen molar-refractivity contribution in [1.82, 2.24) is 0 Å². The van der Waals surface area contributed by atoms with Gasteiger partial charge in [0.05, 0.1) is 17.2 Å². The van der Waals surface area contributed by atoms with E-state index in [2.05, 4.69) is 5.32 Å². The molecule has 1 atom stereocenters. The van der Waals surface area contributed by atoms with Gasteiger partial charge in [0.25, 0.3) is 5.91 Å². The number of halogens is 3. The molecule has 0 radical (unpaired) electrons. The topological polar surface area (TPSA) is 79.2 Å². The van der Waals surface area contributed by atoms with Crippen LogP contribution in [0, 0.1) is 11.3 Å². The molecule has 144 valence electrons. The van der Waals surface area contributed by atoms with Crippen molar-refractivity contribution in [3.05, 3.63) is 71.3 Å². The van der Waals surface area contributed by atoms with E-state index in [1.807, 2.05) is 6.07 Å². The first-order valence-electron chi connectivity index (χ1n) is 8.06. The van der Waals surface area contributed by atoms with Gasteiger partial charge in [0.1, 0.15) is 0 Å². The molecule has 0 aliphatic carbocycles. The number of nitrogens with zero attached hydrogens (tertiary/aromatic N) is 1. The van der Waals surface area contributed by atoms with Crippen LogP contribution in [0.25, 0.3) is 6.08 Å². The maximum absolute atomic E-state index is 12.7. The molecule has 2 rings (SSSR count). The molecule has 8 heteroatoms. The molecule has 0 aromatic heterocycles. The fourth-order valence-corrected chi connectivity index (χ4v) is 2.12. The quantitative estimate of drug-likeness (QED) is 0.616. The Morgan fingerprint density at radius 2 is 1.86 bits per heavy atom. The average Bonchev–Trinajstić information content (AvgIpc) is 2.66. The first-order valence-corrected chi connectivity index (χ1v) is 8.06. The fourth-order valence-electron chi connectivity index (χ4n) is 2.12. The summed E-state index contributed by atoms with van der Waals surface area (Å²) in [6, 6.07) is 12.5. The molecule has 0 spiro atoms. The number of ether oxygens (including phenoxy) is 1. The van der Waals surface area contributed by atoms with Gasteiger partial charge in [-0.3, -0.25) is 4.79 Å². The molecular formula is C20H15F3N2O3. The minimum Gasteiger partial charge on any atom is -0.449 e. The Labute approximate surface area is 159 Å². The normalized spacial score (nSPS) is 12.2. The Bertz CT molecular complexity index is 929. The number of alkyl halides is 3. The molecule has 0 fully saturated rings. The Hall–Kier alpha value is -3.60. The molecule has 0 unspecified atom stereocenters. The van der Waals surface area contributed by atoms with Gasteiger partial charge in [-0.1, -0.05) is 12.1 Å². The highest BCUT2D eigenvalue weighted by molar-refractivity contribution is 5.96. The summed E-state index contributed by atoms with van der Waals surface area (Å²) in [5.74, 6) is -1.47. The Balaban J connectivity index is 1.93. The number of nitrogens with one attached hydrogen (secondary N) is 1. The second kappa shape index (κ2) is 8.86. The highest BCUT2D eigenvalue weighted by Crippen LogP contribution is 2.29. The third kappa shape index (κ3) is 5.99. The second-order valence-electron chi connectivity index (χ2n) is 5.71. The lowest BCUT2D eigenvalue weighted by atomic mass is 10.1. The number of rotatable bonds is 5. The number of carbonyl (C=O) groups excluding carboxylic acids is 2. The molecule has 0 saturated carbocycles. The van der Waals surface area contributed by atoms with E-state index in [-0.39, 0.29) is 5.56 Å². The van der Waals surface area contributed by atoms with Crippen molar-refractivity contribution < 1.29 is 27.5 Å². The monoisotopic (exact) mass is 388 g/mol. The largest absolute Gasteiger partial charge is 0.449 e. The van der Waals surface area contributed by atoms with Gasteiger partial charge >= 0.3 is 12.1 Å². The molecular weight excluding hydrogens is 373 g/mol. The number of anilines is 1. The van der Waals surface area contributed by atoms with Crippen LogP contribution in [0.15, 0.2) is 54.6 Å². The molecule has 0 aliphatic rings. The third-order valence-corrected chi connectivity index (χ3v) is 3.57. The minimum absolute atomic E-state index is 0.168. The number of amides is 1. The van der Waals surface area contributed by atoms with Gasteiger partial charge in [0.2, 0.25) is 0 Å². The predicted octanol–water partition coefficient (Wildman–Crippen LogP) is 4.16. The van der Waals surface area contributed by atoms with Crippen molar-refractivity contribution in [1.29, 1.82) is 5.26 Å². The zero-order valence-electron chi connectivity index (χ0n) is 14.7. The lowest BCUT2D eigenvalue weighted by molar-refractivity contribution is -0.148. The number of esters is 1. The summed E-state index contributed by atoms with van der Waals surface area (Å²) in [4.78, 5) is 23.8. The van der Waals surface area contributed by atoms with Crippen LogP contribution in [0.5, 0.6) is 0 Å². The summed E-state index contributed by atoms with van der Waals surface area (Å²) in [7, 11) is 0. The van der Waals surface area contributed by atoms with E-state index in [0.29, 0.717) is 11.3 Å². The zero-order valence-corrected chi connectivity index (χ0v) is 14.7. The third-order valence-electron chi connectivity index (χ3n) is 3.57. The Kier molecular flexibility index (Phi) is 6.55. The molecule has 0 saturated heterocycles. The Morgan fingerprint density at radius 1 is 1.18 bits per heavy atom. The van der Waals surface area contributed by atoms with E-state index >= 15 is 0 Å². The summed E-state index contributed by atoms with van der Waals surface area (Å²) in [6.07, 6.45) is -3.50. The standard InChI is InChI=1S/C20H15F3N2O3/c1-13(19(27)25-17-8-5-15(12-24)6-9-17)28-18(26)10-7-14-3-2-4-16(11-14)20(21,22)23/h2-11,13H,1H3,(H,25,27)/b10-7+/t13-/m0/s1. The van der Waals surface area contributed by atoms with Gasteiger partial charge in [-0.15, -0.1) is 0 Å². The smallest absolute Gasteiger partial charge is 0.416 e. The van der Waals surface area contributed by atoms with Gasteiger partial charge in [0, 0.05) is 11.8 Å². The number of carbonyl (C=O) groups is 2. The van der Waals surface area contributed by atoms with Crippen molar-refractivity contribution in [2.24, 2.45) is 0 Å². The van der Waals surface area contributed by atoms with Crippen LogP contribution in [-0.4, -0.2) is 18.0 Å². The highest BCUT2D eigenvalue weighted by Gasteiger charge is 2.30. The fraction of sp³-hybridized carbons (Fsp3) is 0.150. The Morgan fingerprint density at radius 3 is 2.46 bits per heavy atom. The molecule has 2 aromatic carbocycles. The average molecular weight is 388 g/mol. The van der Waals surface area contributed by atoms with E-state index in [9.17, 15) is 22.8 Å². The van der Waals surface area contributed by atoms with Crippen LogP contribution in [-0.2, 0) is 20.5 Å². The van der Waals surface area contributed by atoms with Gasteiger partial charge < -0.3 is 10.1 Å². The minimum atomic E-state index is -4.48. The SMILES string of the molecule is C[C@H](OC(=O)/C=C/c1cccc(C(F)(F)F)c1)C(=O)Nc1ccc(C#N)cc1. The second-order valence-corrected chi connectivity index (χ2v) is 5.71. The molecule has 0 bridgehead atoms. The van der Waals surface area contributed by atoms with E-state index in [4.69, 9.17) is 10.00 Å². The first-order chi connectivity index (χ1) is 13.2. The summed E-state index contributed by atoms with van der Waals surface area (Å²) >= 11 is 0. The zero-order chi connectivity index (χ0) is 20.7. The summed E-state index contributed by atoms with van der Waals surface area (Å²) in [5, 5.41) is 11.3. The summed E-state index contributed by atoms with van der Waals surface area (Å²) < 4.78 is 43.0. The maximum Gasteiger partial charge on any atom is 0.416 e. The molecule has 28 heavy (non-hydrogen) atoms. The number of hydrogen-bond acceptors (Lipinski definition) is 4. The van der Waals surface area contributed by atoms with Gasteiger partial charge in [-0.25, -0.2) is 4.79 Å². The molecule has 1 amide bonds. The lowest BCUT2D eigenvalue weighted by Gasteiger charge is -2.12. The molecule has 0 aliphatic heterocycles. The van der Waals surface area contributed by atoms with E-state index in [1.165, 1.54) is 49.4 Å². The number of benzene rings is 2. The maximum atomic E-state index is 12.7. The van der Waals surface area contributed by atoms with Gasteiger partial charge in [-0.2, -0.15) is 18.4 Å². The number of nitriles is 1. The number of hydrogen-bond donors (Lipinski definition) is 1. The molecule has 2 aromatic rings. The van der Waals surface area contributed by atoms with Crippen LogP contribution < -0.4 is 5.32 Å². The van der Waals surface area contributed by atoms with E-state index < -0.39 is 29.7 Å². The lowest BCUT2D eigenvalue weighted by Crippen LogP contribution is -2.29. The molecule has 1 N–H and O–H groups in total. The van der Waals surface area contributed by atoms with Crippen molar-refractivity contribution in [2.45, 2.75) is 19.2 Å². The first kappa shape index (κ1) is 20.7. The van der Waals surface area contributed by atoms with Crippen LogP contribution in [0.2, 0.25) is 0 Å².